The van der Waals surface area contributed by atoms with Gasteiger partial charge in [0.1, 0.15) is 5.82 Å². The van der Waals surface area contributed by atoms with Crippen LogP contribution in [0.1, 0.15) is 22.7 Å². The molecule has 0 bridgehead atoms. The molecule has 2 nitrogen and oxygen atoms in total. The van der Waals surface area contributed by atoms with Gasteiger partial charge in [0.15, 0.2) is 0 Å². The van der Waals surface area contributed by atoms with Gasteiger partial charge in [-0.15, -0.1) is 0 Å². The van der Waals surface area contributed by atoms with Crippen LogP contribution in [0.15, 0.2) is 41.1 Å². The molecular weight excluding hydrogens is 283 g/mol. The van der Waals surface area contributed by atoms with Crippen LogP contribution >= 0.6 is 15.9 Å². The molecule has 4 heteroatoms. The second-order valence-corrected chi connectivity index (χ2v) is 4.84. The number of hydrogen-bond donors (Lipinski definition) is 1. The van der Waals surface area contributed by atoms with Crippen molar-refractivity contribution in [3.05, 3.63) is 63.6 Å². The summed E-state index contributed by atoms with van der Waals surface area (Å²) in [5, 5.41) is 0. The van der Waals surface area contributed by atoms with Crippen LogP contribution in [0.25, 0.3) is 0 Å². The number of nitrogens with two attached hydrogens (primary N) is 1. The van der Waals surface area contributed by atoms with E-state index >= 15 is 0 Å². The van der Waals surface area contributed by atoms with Crippen LogP contribution < -0.4 is 5.73 Å². The summed E-state index contributed by atoms with van der Waals surface area (Å²) < 4.78 is 14.0. The van der Waals surface area contributed by atoms with Crippen LogP contribution in [-0.4, -0.2) is 4.98 Å². The highest BCUT2D eigenvalue weighted by atomic mass is 79.9. The van der Waals surface area contributed by atoms with Crippen molar-refractivity contribution >= 4 is 15.9 Å². The second kappa shape index (κ2) is 4.94. The molecule has 2 aromatic rings. The molecule has 0 aliphatic carbocycles. The normalized spacial score (nSPS) is 12.5. The van der Waals surface area contributed by atoms with Gasteiger partial charge in [0, 0.05) is 16.9 Å². The van der Waals surface area contributed by atoms with Gasteiger partial charge in [-0.1, -0.05) is 12.1 Å². The average Bonchev–Trinajstić information content (AvgIpc) is 2.32. The number of aryl methyl sites for hydroxylation is 1. The van der Waals surface area contributed by atoms with Crippen LogP contribution in [0.2, 0.25) is 0 Å². The monoisotopic (exact) mass is 294 g/mol. The van der Waals surface area contributed by atoms with Crippen molar-refractivity contribution in [2.24, 2.45) is 5.73 Å². The maximum absolute atomic E-state index is 13.2. The Morgan fingerprint density at radius 1 is 1.24 bits per heavy atom. The molecule has 1 aromatic carbocycles. The Kier molecular flexibility index (Phi) is 3.54. The van der Waals surface area contributed by atoms with Crippen molar-refractivity contribution in [3.63, 3.8) is 0 Å². The highest BCUT2D eigenvalue weighted by Crippen LogP contribution is 2.22. The van der Waals surface area contributed by atoms with E-state index in [4.69, 9.17) is 5.73 Å². The number of halogens is 2. The molecule has 1 heterocycles. The third-order valence-electron chi connectivity index (χ3n) is 2.63. The number of rotatable bonds is 2. The standard InChI is InChI=1S/C13H12BrFN2/c1-8-4-9(2-3-12(8)15)13(16)10-5-11(14)7-17-6-10/h2-7,13H,16H2,1H3. The molecule has 2 rings (SSSR count). The van der Waals surface area contributed by atoms with Gasteiger partial charge in [0.2, 0.25) is 0 Å². The van der Waals surface area contributed by atoms with E-state index in [1.165, 1.54) is 6.07 Å². The summed E-state index contributed by atoms with van der Waals surface area (Å²) in [6.07, 6.45) is 3.42. The number of nitrogens with zero attached hydrogens (tertiary/aromatic N) is 1. The average molecular weight is 295 g/mol. The SMILES string of the molecule is Cc1cc(C(N)c2cncc(Br)c2)ccc1F. The van der Waals surface area contributed by atoms with E-state index in [1.807, 2.05) is 6.07 Å². The fourth-order valence-corrected chi connectivity index (χ4v) is 2.03. The molecule has 0 radical (unpaired) electrons. The van der Waals surface area contributed by atoms with Crippen LogP contribution in [0.4, 0.5) is 4.39 Å². The fourth-order valence-electron chi connectivity index (χ4n) is 1.65. The molecule has 1 unspecified atom stereocenters. The van der Waals surface area contributed by atoms with Crippen molar-refractivity contribution in [2.45, 2.75) is 13.0 Å². The number of aromatic nitrogens is 1. The highest BCUT2D eigenvalue weighted by molar-refractivity contribution is 9.10. The predicted molar refractivity (Wildman–Crippen MR) is 69.1 cm³/mol. The molecule has 1 atom stereocenters. The molecule has 0 amide bonds. The van der Waals surface area contributed by atoms with Crippen LogP contribution in [-0.2, 0) is 0 Å². The predicted octanol–water partition coefficient (Wildman–Crippen LogP) is 3.34. The zero-order valence-electron chi connectivity index (χ0n) is 9.32. The molecule has 0 fully saturated rings. The van der Waals surface area contributed by atoms with Crippen molar-refractivity contribution in [2.75, 3.05) is 0 Å². The van der Waals surface area contributed by atoms with Crippen LogP contribution in [0, 0.1) is 12.7 Å². The van der Waals surface area contributed by atoms with Gasteiger partial charge in [-0.05, 0) is 51.7 Å². The lowest BCUT2D eigenvalue weighted by Gasteiger charge is -2.13. The first-order valence-corrected chi connectivity index (χ1v) is 5.99. The maximum Gasteiger partial charge on any atom is 0.126 e. The Balaban J connectivity index is 2.36. The van der Waals surface area contributed by atoms with Crippen LogP contribution in [0.5, 0.6) is 0 Å². The minimum absolute atomic E-state index is 0.215. The molecule has 0 aliphatic heterocycles. The summed E-state index contributed by atoms with van der Waals surface area (Å²) in [6.45, 7) is 1.73. The van der Waals surface area contributed by atoms with Gasteiger partial charge in [-0.3, -0.25) is 4.98 Å². The second-order valence-electron chi connectivity index (χ2n) is 3.92. The molecule has 0 saturated heterocycles. The number of hydrogen-bond acceptors (Lipinski definition) is 2. The van der Waals surface area contributed by atoms with Gasteiger partial charge < -0.3 is 5.73 Å². The summed E-state index contributed by atoms with van der Waals surface area (Å²) in [7, 11) is 0. The van der Waals surface area contributed by atoms with Crippen molar-refractivity contribution < 1.29 is 4.39 Å². The Bertz CT molecular complexity index is 543. The van der Waals surface area contributed by atoms with E-state index in [1.54, 1.807) is 31.5 Å². The molecule has 0 saturated carbocycles. The van der Waals surface area contributed by atoms with E-state index in [2.05, 4.69) is 20.9 Å². The maximum atomic E-state index is 13.2. The molecular formula is C13H12BrFN2. The molecule has 0 spiro atoms. The fraction of sp³-hybridized carbons (Fsp3) is 0.154. The number of pyridine rings is 1. The van der Waals surface area contributed by atoms with Crippen LogP contribution in [0.3, 0.4) is 0 Å². The minimum atomic E-state index is -0.292. The molecule has 1 aromatic heterocycles. The zero-order valence-corrected chi connectivity index (χ0v) is 10.9. The quantitative estimate of drug-likeness (QED) is 0.923. The summed E-state index contributed by atoms with van der Waals surface area (Å²) in [4.78, 5) is 4.07. The lowest BCUT2D eigenvalue weighted by atomic mass is 9.99. The Morgan fingerprint density at radius 2 is 2.00 bits per heavy atom. The van der Waals surface area contributed by atoms with Crippen molar-refractivity contribution in [3.8, 4) is 0 Å². The third kappa shape index (κ3) is 2.70. The first kappa shape index (κ1) is 12.2. The van der Waals surface area contributed by atoms with E-state index in [9.17, 15) is 4.39 Å². The Morgan fingerprint density at radius 3 is 2.65 bits per heavy atom. The van der Waals surface area contributed by atoms with Gasteiger partial charge in [-0.2, -0.15) is 0 Å². The lowest BCUT2D eigenvalue weighted by Crippen LogP contribution is -2.12. The summed E-state index contributed by atoms with van der Waals surface area (Å²) in [5.41, 5.74) is 8.49. The van der Waals surface area contributed by atoms with Crippen molar-refractivity contribution in [1.29, 1.82) is 0 Å². The summed E-state index contributed by atoms with van der Waals surface area (Å²) >= 11 is 3.35. The van der Waals surface area contributed by atoms with E-state index in [0.29, 0.717) is 5.56 Å². The topological polar surface area (TPSA) is 38.9 Å². The molecule has 2 N–H and O–H groups in total. The van der Waals surface area contributed by atoms with E-state index < -0.39 is 0 Å². The summed E-state index contributed by atoms with van der Waals surface area (Å²) in [5.74, 6) is -0.215. The Hall–Kier alpha value is -1.26. The number of benzene rings is 1. The highest BCUT2D eigenvalue weighted by Gasteiger charge is 2.11. The molecule has 17 heavy (non-hydrogen) atoms. The zero-order chi connectivity index (χ0) is 12.4. The van der Waals surface area contributed by atoms with Gasteiger partial charge in [0.05, 0.1) is 6.04 Å². The lowest BCUT2D eigenvalue weighted by molar-refractivity contribution is 0.617. The first-order chi connectivity index (χ1) is 8.08. The van der Waals surface area contributed by atoms with Gasteiger partial charge in [-0.25, -0.2) is 4.39 Å². The minimum Gasteiger partial charge on any atom is -0.320 e. The van der Waals surface area contributed by atoms with Gasteiger partial charge >= 0.3 is 0 Å². The Labute approximate surface area is 108 Å². The summed E-state index contributed by atoms with van der Waals surface area (Å²) in [6, 6.07) is 6.53. The largest absolute Gasteiger partial charge is 0.320 e. The first-order valence-electron chi connectivity index (χ1n) is 5.20. The third-order valence-corrected chi connectivity index (χ3v) is 3.06. The van der Waals surface area contributed by atoms with E-state index in [-0.39, 0.29) is 11.9 Å². The smallest absolute Gasteiger partial charge is 0.126 e. The van der Waals surface area contributed by atoms with E-state index in [0.717, 1.165) is 15.6 Å². The van der Waals surface area contributed by atoms with Gasteiger partial charge in [0.25, 0.3) is 0 Å². The van der Waals surface area contributed by atoms with Crippen molar-refractivity contribution in [1.82, 2.24) is 4.98 Å². The molecule has 0 aliphatic rings. The molecule has 88 valence electrons.